The van der Waals surface area contributed by atoms with Gasteiger partial charge in [-0.15, -0.1) is 0 Å². The Kier molecular flexibility index (Phi) is 7.07. The van der Waals surface area contributed by atoms with Crippen LogP contribution in [0.2, 0.25) is 0 Å². The van der Waals surface area contributed by atoms with Gasteiger partial charge in [0.15, 0.2) is 0 Å². The van der Waals surface area contributed by atoms with Crippen LogP contribution < -0.4 is 5.32 Å². The monoisotopic (exact) mass is 461 g/mol. The highest BCUT2D eigenvalue weighted by Gasteiger charge is 2.49. The molecule has 33 heavy (non-hydrogen) atoms. The molecular weight excluding hydrogens is 431 g/mol. The largest absolute Gasteiger partial charge is 0.418 e. The number of β-amino-alcohol motifs (C(OH)–C–C–N with tert-alkyl or cyclic N) is 1. The summed E-state index contributed by atoms with van der Waals surface area (Å²) in [5.74, 6) is -0.512. The number of carbonyl (C=O) groups excluding carboxylic acids is 1. The van der Waals surface area contributed by atoms with E-state index in [1.165, 1.54) is 23.8 Å². The number of aliphatic hydroxyl groups excluding tert-OH is 1. The van der Waals surface area contributed by atoms with E-state index in [0.717, 1.165) is 44.8 Å². The Balaban J connectivity index is 1.34. The molecule has 0 aromatic heterocycles. The van der Waals surface area contributed by atoms with Crippen molar-refractivity contribution in [2.24, 2.45) is 0 Å². The van der Waals surface area contributed by atoms with Gasteiger partial charge in [-0.3, -0.25) is 14.6 Å². The van der Waals surface area contributed by atoms with Crippen LogP contribution >= 0.6 is 0 Å². The van der Waals surface area contributed by atoms with Gasteiger partial charge in [0.1, 0.15) is 0 Å². The molecule has 0 bridgehead atoms. The maximum Gasteiger partial charge on any atom is 0.418 e. The first-order valence-corrected chi connectivity index (χ1v) is 11.4. The van der Waals surface area contributed by atoms with E-state index in [1.54, 1.807) is 0 Å². The van der Waals surface area contributed by atoms with E-state index >= 15 is 0 Å². The molecule has 8 heteroatoms. The van der Waals surface area contributed by atoms with Crippen LogP contribution in [-0.4, -0.2) is 65.2 Å². The number of para-hydroxylation sites is 1. The zero-order valence-corrected chi connectivity index (χ0v) is 18.5. The minimum Gasteiger partial charge on any atom is -0.390 e. The summed E-state index contributed by atoms with van der Waals surface area (Å²) < 4.78 is 39.6. The second-order valence-corrected chi connectivity index (χ2v) is 9.02. The lowest BCUT2D eigenvalue weighted by molar-refractivity contribution is -0.137. The third kappa shape index (κ3) is 5.39. The van der Waals surface area contributed by atoms with Gasteiger partial charge in [-0.05, 0) is 49.9 Å². The Labute approximate surface area is 192 Å². The summed E-state index contributed by atoms with van der Waals surface area (Å²) in [6.45, 7) is 2.71. The zero-order valence-electron chi connectivity index (χ0n) is 18.5. The maximum absolute atomic E-state index is 13.2. The van der Waals surface area contributed by atoms with Gasteiger partial charge in [0, 0.05) is 25.2 Å². The summed E-state index contributed by atoms with van der Waals surface area (Å²) in [5, 5.41) is 13.5. The average Bonchev–Trinajstić information content (AvgIpc) is 3.19. The SMILES string of the molecule is O=C(CN1CC[C@@]2(CCCN2CCc2ccccc2)[C@@H](O)C1)Nc1ccccc1C(F)(F)F. The van der Waals surface area contributed by atoms with Crippen LogP contribution in [0.1, 0.15) is 30.4 Å². The number of alkyl halides is 3. The lowest BCUT2D eigenvalue weighted by Gasteiger charge is -2.48. The highest BCUT2D eigenvalue weighted by molar-refractivity contribution is 5.93. The summed E-state index contributed by atoms with van der Waals surface area (Å²) in [4.78, 5) is 16.7. The van der Waals surface area contributed by atoms with E-state index in [0.29, 0.717) is 13.1 Å². The summed E-state index contributed by atoms with van der Waals surface area (Å²) in [6, 6.07) is 15.2. The number of aliphatic hydroxyl groups is 1. The first-order valence-electron chi connectivity index (χ1n) is 11.4. The molecule has 2 aromatic carbocycles. The Morgan fingerprint density at radius 2 is 1.79 bits per heavy atom. The molecule has 2 fully saturated rings. The fraction of sp³-hybridized carbons (Fsp3) is 0.480. The summed E-state index contributed by atoms with van der Waals surface area (Å²) >= 11 is 0. The van der Waals surface area contributed by atoms with Crippen LogP contribution in [0.25, 0.3) is 0 Å². The first-order chi connectivity index (χ1) is 15.8. The van der Waals surface area contributed by atoms with Crippen molar-refractivity contribution < 1.29 is 23.1 Å². The molecule has 2 aliphatic rings. The van der Waals surface area contributed by atoms with Gasteiger partial charge in [0.25, 0.3) is 0 Å². The number of likely N-dealkylation sites (tertiary alicyclic amines) is 2. The molecule has 2 aromatic rings. The van der Waals surface area contributed by atoms with E-state index in [4.69, 9.17) is 0 Å². The van der Waals surface area contributed by atoms with E-state index in [1.807, 2.05) is 23.1 Å². The molecule has 1 spiro atoms. The van der Waals surface area contributed by atoms with Crippen LogP contribution in [0.3, 0.4) is 0 Å². The predicted octanol–water partition coefficient (Wildman–Crippen LogP) is 3.79. The number of benzene rings is 2. The molecule has 2 atom stereocenters. The average molecular weight is 462 g/mol. The van der Waals surface area contributed by atoms with Crippen molar-refractivity contribution >= 4 is 11.6 Å². The van der Waals surface area contributed by atoms with Gasteiger partial charge >= 0.3 is 6.18 Å². The van der Waals surface area contributed by atoms with Crippen LogP contribution in [0.5, 0.6) is 0 Å². The molecule has 0 radical (unpaired) electrons. The second-order valence-electron chi connectivity index (χ2n) is 9.02. The Bertz CT molecular complexity index is 953. The van der Waals surface area contributed by atoms with Crippen molar-refractivity contribution in [1.82, 2.24) is 9.80 Å². The molecule has 4 rings (SSSR count). The van der Waals surface area contributed by atoms with Crippen molar-refractivity contribution in [3.8, 4) is 0 Å². The van der Waals surface area contributed by atoms with E-state index in [-0.39, 0.29) is 17.8 Å². The van der Waals surface area contributed by atoms with Crippen molar-refractivity contribution in [1.29, 1.82) is 0 Å². The Morgan fingerprint density at radius 3 is 2.52 bits per heavy atom. The van der Waals surface area contributed by atoms with Gasteiger partial charge in [-0.1, -0.05) is 42.5 Å². The minimum atomic E-state index is -4.54. The number of amides is 1. The highest BCUT2D eigenvalue weighted by atomic mass is 19.4. The molecule has 2 saturated heterocycles. The van der Waals surface area contributed by atoms with Gasteiger partial charge in [0.05, 0.1) is 23.9 Å². The van der Waals surface area contributed by atoms with Crippen molar-refractivity contribution in [3.63, 3.8) is 0 Å². The summed E-state index contributed by atoms with van der Waals surface area (Å²) in [6.07, 6.45) is -1.55. The van der Waals surface area contributed by atoms with Crippen LogP contribution in [0, 0.1) is 0 Å². The standard InChI is InChI=1S/C25H30F3N3O2/c26-25(27,28)20-9-4-5-10-21(20)29-23(33)18-30-16-13-24(22(32)17-30)12-6-14-31(24)15-11-19-7-2-1-3-8-19/h1-5,7-10,22,32H,6,11-18H2,(H,29,33)/t22-,24-/m0/s1. The molecular formula is C25H30F3N3O2. The van der Waals surface area contributed by atoms with Crippen LogP contribution in [0.4, 0.5) is 18.9 Å². The number of halogens is 3. The number of carbonyl (C=O) groups is 1. The third-order valence-electron chi connectivity index (χ3n) is 6.97. The molecule has 2 N–H and O–H groups in total. The van der Waals surface area contributed by atoms with Crippen molar-refractivity contribution in [3.05, 3.63) is 65.7 Å². The topological polar surface area (TPSA) is 55.8 Å². The molecule has 0 unspecified atom stereocenters. The van der Waals surface area contributed by atoms with Crippen molar-refractivity contribution in [2.45, 2.75) is 43.5 Å². The maximum atomic E-state index is 13.2. The van der Waals surface area contributed by atoms with E-state index < -0.39 is 23.8 Å². The third-order valence-corrected chi connectivity index (χ3v) is 6.97. The Hall–Kier alpha value is -2.42. The number of hydrogen-bond donors (Lipinski definition) is 2. The van der Waals surface area contributed by atoms with Crippen LogP contribution in [-0.2, 0) is 17.4 Å². The zero-order chi connectivity index (χ0) is 23.5. The molecule has 1 amide bonds. The quantitative estimate of drug-likeness (QED) is 0.688. The first kappa shape index (κ1) is 23.7. The van der Waals surface area contributed by atoms with Gasteiger partial charge in [-0.2, -0.15) is 13.2 Å². The molecule has 5 nitrogen and oxygen atoms in total. The highest BCUT2D eigenvalue weighted by Crippen LogP contribution is 2.39. The summed E-state index contributed by atoms with van der Waals surface area (Å²) in [5.41, 5.74) is -0.129. The van der Waals surface area contributed by atoms with E-state index in [2.05, 4.69) is 22.3 Å². The predicted molar refractivity (Wildman–Crippen MR) is 121 cm³/mol. The molecule has 2 heterocycles. The van der Waals surface area contributed by atoms with Gasteiger partial charge < -0.3 is 10.4 Å². The lowest BCUT2D eigenvalue weighted by atomic mass is 9.82. The summed E-state index contributed by atoms with van der Waals surface area (Å²) in [7, 11) is 0. The number of nitrogens with zero attached hydrogens (tertiary/aromatic N) is 2. The number of rotatable bonds is 6. The fourth-order valence-electron chi connectivity index (χ4n) is 5.26. The molecule has 2 aliphatic heterocycles. The van der Waals surface area contributed by atoms with Crippen molar-refractivity contribution in [2.75, 3.05) is 38.0 Å². The van der Waals surface area contributed by atoms with Gasteiger partial charge in [0.2, 0.25) is 5.91 Å². The minimum absolute atomic E-state index is 0.0522. The smallest absolute Gasteiger partial charge is 0.390 e. The molecule has 178 valence electrons. The second kappa shape index (κ2) is 9.83. The molecule has 0 saturated carbocycles. The number of piperidine rings is 1. The normalized spacial score (nSPS) is 24.3. The van der Waals surface area contributed by atoms with Gasteiger partial charge in [-0.25, -0.2) is 0 Å². The number of anilines is 1. The Morgan fingerprint density at radius 1 is 1.06 bits per heavy atom. The molecule has 0 aliphatic carbocycles. The van der Waals surface area contributed by atoms with E-state index in [9.17, 15) is 23.1 Å². The number of hydrogen-bond acceptors (Lipinski definition) is 4. The lowest BCUT2D eigenvalue weighted by Crippen LogP contribution is -2.62. The number of nitrogens with one attached hydrogen (secondary N) is 1. The fourth-order valence-corrected chi connectivity index (χ4v) is 5.26. The van der Waals surface area contributed by atoms with Crippen LogP contribution in [0.15, 0.2) is 54.6 Å².